The number of aryl methyl sites for hydroxylation is 4. The molecule has 125 heavy (non-hydrogen) atoms. The molecule has 0 saturated heterocycles. The Hall–Kier alpha value is -7.62. The van der Waals surface area contributed by atoms with Gasteiger partial charge in [-0.1, -0.05) is 463 Å². The fourth-order valence-corrected chi connectivity index (χ4v) is 14.7. The van der Waals surface area contributed by atoms with Crippen LogP contribution < -0.4 is 14.2 Å². The summed E-state index contributed by atoms with van der Waals surface area (Å²) >= 11 is 0. The molecule has 0 spiro atoms. The van der Waals surface area contributed by atoms with Gasteiger partial charge in [-0.3, -0.25) is 0 Å². The summed E-state index contributed by atoms with van der Waals surface area (Å²) < 4.78 is 15.6. The maximum absolute atomic E-state index is 5.52. The van der Waals surface area contributed by atoms with Crippen LogP contribution in [0.4, 0.5) is 0 Å². The average Bonchev–Trinajstić information content (AvgIpc) is 0.831. The smallest absolute Gasteiger partial charge is 0.119 e. The Bertz CT molecular complexity index is 3920. The minimum Gasteiger partial charge on any atom is -0.497 e. The molecule has 2 aliphatic carbocycles. The molecule has 0 aromatic heterocycles. The third kappa shape index (κ3) is 63.1. The molecule has 9 aromatic carbocycles. The van der Waals surface area contributed by atoms with Gasteiger partial charge >= 0.3 is 0 Å². The molecule has 2 fully saturated rings. The van der Waals surface area contributed by atoms with Crippen LogP contribution >= 0.6 is 0 Å². The van der Waals surface area contributed by atoms with Crippen LogP contribution in [0.2, 0.25) is 0 Å². The summed E-state index contributed by atoms with van der Waals surface area (Å²) in [5, 5.41) is 0. The van der Waals surface area contributed by atoms with Crippen molar-refractivity contribution < 1.29 is 14.2 Å². The maximum Gasteiger partial charge on any atom is 0.119 e. The predicted octanol–water partition coefficient (Wildman–Crippen LogP) is 37.4. The number of hydrogen-bond acceptors (Lipinski definition) is 3. The molecule has 0 aliphatic heterocycles. The van der Waals surface area contributed by atoms with Crippen LogP contribution in [-0.4, -0.2) is 20.8 Å². The molecule has 0 heterocycles. The first-order valence-corrected chi connectivity index (χ1v) is 48.7. The van der Waals surface area contributed by atoms with Gasteiger partial charge in [-0.15, -0.1) is 0 Å². The lowest BCUT2D eigenvalue weighted by atomic mass is 9.64. The van der Waals surface area contributed by atoms with Crippen molar-refractivity contribution in [2.45, 2.75) is 355 Å². The quantitative estimate of drug-likeness (QED) is 0.0808. The van der Waals surface area contributed by atoms with E-state index in [1.165, 1.54) is 146 Å². The highest BCUT2D eigenvalue weighted by Gasteiger charge is 2.34. The zero-order valence-electron chi connectivity index (χ0n) is 87.0. The molecule has 2 saturated carbocycles. The Morgan fingerprint density at radius 3 is 0.936 bits per heavy atom. The van der Waals surface area contributed by atoms with E-state index < -0.39 is 0 Å². The lowest BCUT2D eigenvalue weighted by Gasteiger charge is -2.41. The van der Waals surface area contributed by atoms with Crippen molar-refractivity contribution >= 4 is 0 Å². The fourth-order valence-electron chi connectivity index (χ4n) is 14.7. The van der Waals surface area contributed by atoms with Crippen LogP contribution in [0.25, 0.3) is 0 Å². The Kier molecular flexibility index (Phi) is 57.7. The number of para-hydroxylation sites is 1. The molecular formula is C122H190O3. The second kappa shape index (κ2) is 62.6. The van der Waals surface area contributed by atoms with Gasteiger partial charge in [0.25, 0.3) is 0 Å². The van der Waals surface area contributed by atoms with Crippen molar-refractivity contribution in [2.24, 2.45) is 68.0 Å². The number of ether oxygens (including phenoxy) is 3. The third-order valence-electron chi connectivity index (χ3n) is 22.9. The molecule has 0 atom stereocenters. The highest BCUT2D eigenvalue weighted by atomic mass is 16.5. The molecule has 3 heteroatoms. The first-order chi connectivity index (χ1) is 58.5. The molecule has 2 aliphatic rings. The summed E-state index contributed by atoms with van der Waals surface area (Å²) in [6, 6.07) is 86.5. The van der Waals surface area contributed by atoms with E-state index >= 15 is 0 Å². The molecule has 0 amide bonds. The molecule has 9 aromatic rings. The summed E-state index contributed by atoms with van der Waals surface area (Å²) in [7, 11) is 3.38. The highest BCUT2D eigenvalue weighted by Crippen LogP contribution is 2.45. The van der Waals surface area contributed by atoms with Crippen LogP contribution in [0.1, 0.15) is 365 Å². The minimum atomic E-state index is 0.398. The van der Waals surface area contributed by atoms with Gasteiger partial charge in [0.15, 0.2) is 0 Å². The number of benzene rings is 9. The zero-order valence-corrected chi connectivity index (χ0v) is 87.0. The normalized spacial score (nSPS) is 14.0. The van der Waals surface area contributed by atoms with Gasteiger partial charge in [-0.25, -0.2) is 0 Å². The molecule has 696 valence electrons. The lowest BCUT2D eigenvalue weighted by Crippen LogP contribution is -2.30. The van der Waals surface area contributed by atoms with Crippen molar-refractivity contribution in [3.05, 3.63) is 304 Å². The van der Waals surface area contributed by atoms with E-state index in [1.807, 2.05) is 60.7 Å². The Morgan fingerprint density at radius 2 is 0.616 bits per heavy atom. The Labute approximate surface area is 774 Å². The summed E-state index contributed by atoms with van der Waals surface area (Å²) in [6.45, 7) is 73.6. The van der Waals surface area contributed by atoms with Crippen molar-refractivity contribution in [1.29, 1.82) is 0 Å². The molecule has 0 unspecified atom stereocenters. The van der Waals surface area contributed by atoms with Gasteiger partial charge in [0.1, 0.15) is 17.2 Å². The average molecular weight is 1700 g/mol. The van der Waals surface area contributed by atoms with E-state index in [4.69, 9.17) is 14.2 Å². The molecule has 0 bridgehead atoms. The van der Waals surface area contributed by atoms with E-state index in [0.29, 0.717) is 56.2 Å². The topological polar surface area (TPSA) is 27.7 Å². The number of hydrogen-bond donors (Lipinski definition) is 0. The van der Waals surface area contributed by atoms with Crippen LogP contribution in [-0.2, 0) is 32.1 Å². The monoisotopic (exact) mass is 1700 g/mol. The summed E-state index contributed by atoms with van der Waals surface area (Å²) in [4.78, 5) is 0. The van der Waals surface area contributed by atoms with E-state index in [1.54, 1.807) is 14.2 Å². The van der Waals surface area contributed by atoms with Crippen LogP contribution in [0, 0.1) is 81.8 Å². The molecule has 11 rings (SSSR count). The number of methoxy groups -OCH3 is 2. The van der Waals surface area contributed by atoms with Gasteiger partial charge in [-0.2, -0.15) is 0 Å². The minimum absolute atomic E-state index is 0.398. The van der Waals surface area contributed by atoms with Crippen molar-refractivity contribution in [3.8, 4) is 17.2 Å². The third-order valence-corrected chi connectivity index (χ3v) is 22.9. The van der Waals surface area contributed by atoms with Gasteiger partial charge in [0, 0.05) is 0 Å². The van der Waals surface area contributed by atoms with Gasteiger partial charge in [-0.05, 0) is 264 Å². The Morgan fingerprint density at radius 1 is 0.296 bits per heavy atom. The lowest BCUT2D eigenvalue weighted by molar-refractivity contribution is 0.0970. The number of rotatable bonds is 19. The SMILES string of the molecule is CC(C)(C)C1CCC(C(C)(C)C)CC1.CC(C)(C)CCCc1ccccc1.CC(C)(C)CCc1ccccc1.CC(C)(C)Cc1ccccc1.CC(C)C1CCCCC1.CC(C)CCOc1ccccc1.CC(C)c1ccccc1.COc1ccc(C(C)C)cc1.COc1ccc(CC(C)C)cc1.Cc1ccc(C(C)C)cc1.Cc1ccc(CC(C)(C)C)cc1. The van der Waals surface area contributed by atoms with E-state index in [0.717, 1.165) is 79.1 Å². The highest BCUT2D eigenvalue weighted by molar-refractivity contribution is 5.30. The van der Waals surface area contributed by atoms with E-state index in [9.17, 15) is 0 Å². The van der Waals surface area contributed by atoms with Gasteiger partial charge < -0.3 is 14.2 Å². The largest absolute Gasteiger partial charge is 0.497 e. The summed E-state index contributed by atoms with van der Waals surface area (Å²) in [6.07, 6.45) is 24.1. The Balaban J connectivity index is 0.000000689. The molecule has 0 N–H and O–H groups in total. The van der Waals surface area contributed by atoms with Crippen LogP contribution in [0.3, 0.4) is 0 Å². The van der Waals surface area contributed by atoms with Crippen LogP contribution in [0.5, 0.6) is 17.2 Å². The van der Waals surface area contributed by atoms with Gasteiger partial charge in [0.2, 0.25) is 0 Å². The van der Waals surface area contributed by atoms with Crippen LogP contribution in [0.15, 0.2) is 249 Å². The second-order valence-electron chi connectivity index (χ2n) is 44.7. The van der Waals surface area contributed by atoms with Crippen molar-refractivity contribution in [1.82, 2.24) is 0 Å². The first kappa shape index (κ1) is 115. The molecule has 3 nitrogen and oxygen atoms in total. The molecule has 0 radical (unpaired) electrons. The zero-order chi connectivity index (χ0) is 94.2. The maximum atomic E-state index is 5.52. The summed E-state index contributed by atoms with van der Waals surface area (Å²) in [5.74, 6) is 10.1. The predicted molar refractivity (Wildman–Crippen MR) is 559 cm³/mol. The summed E-state index contributed by atoms with van der Waals surface area (Å²) in [5.41, 5.74) is 16.8. The van der Waals surface area contributed by atoms with Crippen molar-refractivity contribution in [2.75, 3.05) is 20.8 Å². The first-order valence-electron chi connectivity index (χ1n) is 48.7. The van der Waals surface area contributed by atoms with Crippen molar-refractivity contribution in [3.63, 3.8) is 0 Å². The van der Waals surface area contributed by atoms with Gasteiger partial charge in [0.05, 0.1) is 20.8 Å². The molecular weight excluding hydrogens is 1510 g/mol. The van der Waals surface area contributed by atoms with E-state index in [-0.39, 0.29) is 0 Å². The second-order valence-corrected chi connectivity index (χ2v) is 44.7. The fraction of sp³-hybridized carbons (Fsp3) is 0.557. The van der Waals surface area contributed by atoms with E-state index in [2.05, 4.69) is 410 Å². The standard InChI is InChI=1S/C14H28.C13H20.2C12H18.2C11H16O.C11H16.C10H14O.C10H14.C9H18.C9H12/c1-13(2,3)11-7-9-12(10-8-11)14(4,5)6;1-13(2,3)11-7-10-12-8-5-4-6-9-12;1-10-5-7-11(8-6-10)9-12(2,3)4;1-12(2,3)10-9-11-7-5-4-6-8-11;1-9(2)8-10-4-6-11(12-3)7-5-10;1-10(2)8-9-12-11-6-4-3-5-7-11;1-11(2,3)9-10-7-5-4-6-8-10;1-8(2)9-4-6-10(11-3)7-5-9;1-8(2)10-6-4-9(3)5-7-10;2*1-8(2)9-6-4-3-5-7-9/h11-12H,7-10H2,1-6H3;4-6,8-9H,7,10-11H2,1-3H3;5-8H,9H2,1-4H3;4-8H,9-10H2,1-3H3;4-7,9H,8H2,1-3H3;3-7,10H,8-9H2,1-2H3;4-8H,9H2,1-3H3;4-8H,1-3H3;4-8H,1-3H3;8-9H,3-7H2,1-2H3;3-8H,1-2H3.